The maximum absolute atomic E-state index is 11.9. The molecule has 0 aromatic heterocycles. The van der Waals surface area contributed by atoms with Crippen LogP contribution in [0.1, 0.15) is 52.9 Å². The van der Waals surface area contributed by atoms with Gasteiger partial charge in [0, 0.05) is 19.1 Å². The van der Waals surface area contributed by atoms with E-state index in [0.717, 1.165) is 25.7 Å². The standard InChI is InChI=1S/C15H26N2O5.C3H8/c1-11(18)9-16-15(20)12-3-5-13(6-4-12)17-14(19)10-22-8-7-21-2;1-3-2/h12-13H,3-10H2,1-2H3,(H,16,20)(H,17,19);3H2,1-2H3. The summed E-state index contributed by atoms with van der Waals surface area (Å²) in [6.07, 6.45) is 4.22. The van der Waals surface area contributed by atoms with Crippen LogP contribution in [-0.2, 0) is 23.9 Å². The van der Waals surface area contributed by atoms with Gasteiger partial charge in [-0.3, -0.25) is 14.4 Å². The van der Waals surface area contributed by atoms with Crippen molar-refractivity contribution in [3.8, 4) is 0 Å². The van der Waals surface area contributed by atoms with Crippen molar-refractivity contribution in [2.24, 2.45) is 5.92 Å². The summed E-state index contributed by atoms with van der Waals surface area (Å²) in [7, 11) is 1.58. The van der Waals surface area contributed by atoms with Gasteiger partial charge in [0.05, 0.1) is 19.8 Å². The summed E-state index contributed by atoms with van der Waals surface area (Å²) in [5.74, 6) is -0.323. The molecule has 2 amide bonds. The third kappa shape index (κ3) is 12.5. The number of amides is 2. The predicted molar refractivity (Wildman–Crippen MR) is 96.2 cm³/mol. The molecule has 1 fully saturated rings. The zero-order valence-electron chi connectivity index (χ0n) is 16.1. The number of hydrogen-bond donors (Lipinski definition) is 2. The van der Waals surface area contributed by atoms with Gasteiger partial charge in [0.15, 0.2) is 0 Å². The lowest BCUT2D eigenvalue weighted by Crippen LogP contribution is -2.42. The SMILES string of the molecule is CCC.COCCOCC(=O)NC1CCC(C(=O)NCC(C)=O)CC1. The van der Waals surface area contributed by atoms with Crippen molar-refractivity contribution in [2.75, 3.05) is 33.5 Å². The van der Waals surface area contributed by atoms with E-state index in [0.29, 0.717) is 13.2 Å². The molecule has 146 valence electrons. The smallest absolute Gasteiger partial charge is 0.246 e. The topological polar surface area (TPSA) is 93.7 Å². The van der Waals surface area contributed by atoms with Gasteiger partial charge in [-0.15, -0.1) is 0 Å². The number of rotatable bonds is 9. The highest BCUT2D eigenvalue weighted by Gasteiger charge is 2.26. The van der Waals surface area contributed by atoms with E-state index in [-0.39, 0.29) is 42.7 Å². The summed E-state index contributed by atoms with van der Waals surface area (Å²) < 4.78 is 9.98. The van der Waals surface area contributed by atoms with Crippen LogP contribution in [0.15, 0.2) is 0 Å². The number of nitrogens with one attached hydrogen (secondary N) is 2. The van der Waals surface area contributed by atoms with E-state index < -0.39 is 0 Å². The molecule has 7 heteroatoms. The Kier molecular flexibility index (Phi) is 14.0. The highest BCUT2D eigenvalue weighted by molar-refractivity contribution is 5.85. The van der Waals surface area contributed by atoms with Crippen LogP contribution in [0.25, 0.3) is 0 Å². The average molecular weight is 358 g/mol. The quantitative estimate of drug-likeness (QED) is 0.609. The molecule has 0 unspecified atom stereocenters. The molecule has 1 saturated carbocycles. The maximum atomic E-state index is 11.9. The number of ketones is 1. The fraction of sp³-hybridized carbons (Fsp3) is 0.833. The van der Waals surface area contributed by atoms with Gasteiger partial charge < -0.3 is 20.1 Å². The monoisotopic (exact) mass is 358 g/mol. The van der Waals surface area contributed by atoms with Gasteiger partial charge in [0.25, 0.3) is 0 Å². The number of carbonyl (C=O) groups is 3. The summed E-state index contributed by atoms with van der Waals surface area (Å²) in [5.41, 5.74) is 0. The molecule has 0 radical (unpaired) electrons. The van der Waals surface area contributed by atoms with E-state index in [2.05, 4.69) is 24.5 Å². The Hall–Kier alpha value is -1.47. The third-order valence-electron chi connectivity index (χ3n) is 3.64. The molecule has 1 aliphatic rings. The van der Waals surface area contributed by atoms with Gasteiger partial charge in [-0.1, -0.05) is 20.3 Å². The van der Waals surface area contributed by atoms with Gasteiger partial charge in [0.2, 0.25) is 11.8 Å². The van der Waals surface area contributed by atoms with Gasteiger partial charge >= 0.3 is 0 Å². The Labute approximate surface area is 151 Å². The number of carbonyl (C=O) groups excluding carboxylic acids is 3. The second kappa shape index (κ2) is 14.8. The van der Waals surface area contributed by atoms with Crippen LogP contribution in [0.4, 0.5) is 0 Å². The van der Waals surface area contributed by atoms with Crippen molar-refractivity contribution in [2.45, 2.75) is 58.9 Å². The Morgan fingerprint density at radius 1 is 1.04 bits per heavy atom. The molecule has 1 rings (SSSR count). The van der Waals surface area contributed by atoms with Crippen LogP contribution in [0.3, 0.4) is 0 Å². The summed E-state index contributed by atoms with van der Waals surface area (Å²) in [5, 5.41) is 5.55. The molecule has 25 heavy (non-hydrogen) atoms. The Morgan fingerprint density at radius 2 is 1.64 bits per heavy atom. The lowest BCUT2D eigenvalue weighted by molar-refractivity contribution is -0.129. The second-order valence-electron chi connectivity index (χ2n) is 6.29. The van der Waals surface area contributed by atoms with Crippen LogP contribution in [-0.4, -0.2) is 57.1 Å². The molecule has 0 spiro atoms. The predicted octanol–water partition coefficient (Wildman–Crippen LogP) is 1.45. The summed E-state index contributed by atoms with van der Waals surface area (Å²) >= 11 is 0. The van der Waals surface area contributed by atoms with Crippen molar-refractivity contribution in [1.82, 2.24) is 10.6 Å². The first-order chi connectivity index (χ1) is 11.9. The number of ether oxygens (including phenoxy) is 2. The average Bonchev–Trinajstić information content (AvgIpc) is 2.58. The molecular formula is C18H34N2O5. The van der Waals surface area contributed by atoms with Gasteiger partial charge in [-0.25, -0.2) is 0 Å². The van der Waals surface area contributed by atoms with Crippen molar-refractivity contribution < 1.29 is 23.9 Å². The van der Waals surface area contributed by atoms with E-state index in [1.165, 1.54) is 13.3 Å². The summed E-state index contributed by atoms with van der Waals surface area (Å²) in [6, 6.07) is 0.0929. The normalized spacial score (nSPS) is 19.4. The Morgan fingerprint density at radius 3 is 2.16 bits per heavy atom. The van der Waals surface area contributed by atoms with Crippen LogP contribution >= 0.6 is 0 Å². The van der Waals surface area contributed by atoms with E-state index in [1.54, 1.807) is 7.11 Å². The fourth-order valence-electron chi connectivity index (χ4n) is 2.43. The van der Waals surface area contributed by atoms with Crippen molar-refractivity contribution in [3.05, 3.63) is 0 Å². The Bertz CT molecular complexity index is 393. The summed E-state index contributed by atoms with van der Waals surface area (Å²) in [6.45, 7) is 6.68. The maximum Gasteiger partial charge on any atom is 0.246 e. The first-order valence-electron chi connectivity index (χ1n) is 9.07. The first-order valence-corrected chi connectivity index (χ1v) is 9.07. The second-order valence-corrected chi connectivity index (χ2v) is 6.29. The van der Waals surface area contributed by atoms with Gasteiger partial charge in [-0.05, 0) is 32.6 Å². The third-order valence-corrected chi connectivity index (χ3v) is 3.64. The minimum absolute atomic E-state index is 0.0301. The molecule has 7 nitrogen and oxygen atoms in total. The zero-order valence-corrected chi connectivity index (χ0v) is 16.1. The van der Waals surface area contributed by atoms with Gasteiger partial charge in [-0.2, -0.15) is 0 Å². The lowest BCUT2D eigenvalue weighted by Gasteiger charge is -2.28. The zero-order chi connectivity index (χ0) is 19.1. The fourth-order valence-corrected chi connectivity index (χ4v) is 2.43. The van der Waals surface area contributed by atoms with E-state index in [9.17, 15) is 14.4 Å². The number of Topliss-reactive ketones (excluding diaryl/α,β-unsaturated/α-hetero) is 1. The highest BCUT2D eigenvalue weighted by Crippen LogP contribution is 2.24. The summed E-state index contributed by atoms with van der Waals surface area (Å²) in [4.78, 5) is 34.4. The van der Waals surface area contributed by atoms with Crippen LogP contribution in [0.5, 0.6) is 0 Å². The van der Waals surface area contributed by atoms with E-state index in [4.69, 9.17) is 9.47 Å². The number of hydrogen-bond acceptors (Lipinski definition) is 5. The molecule has 0 bridgehead atoms. The molecule has 1 aliphatic carbocycles. The van der Waals surface area contributed by atoms with Crippen molar-refractivity contribution >= 4 is 17.6 Å². The molecule has 0 aliphatic heterocycles. The van der Waals surface area contributed by atoms with E-state index in [1.807, 2.05) is 0 Å². The van der Waals surface area contributed by atoms with Crippen LogP contribution in [0.2, 0.25) is 0 Å². The molecule has 0 saturated heterocycles. The lowest BCUT2D eigenvalue weighted by atomic mass is 9.85. The minimum atomic E-state index is -0.138. The minimum Gasteiger partial charge on any atom is -0.382 e. The number of methoxy groups -OCH3 is 1. The largest absolute Gasteiger partial charge is 0.382 e. The molecule has 0 heterocycles. The highest BCUT2D eigenvalue weighted by atomic mass is 16.5. The van der Waals surface area contributed by atoms with E-state index >= 15 is 0 Å². The molecular weight excluding hydrogens is 324 g/mol. The Balaban J connectivity index is 0.00000178. The van der Waals surface area contributed by atoms with Crippen molar-refractivity contribution in [1.29, 1.82) is 0 Å². The molecule has 0 aromatic rings. The van der Waals surface area contributed by atoms with Gasteiger partial charge in [0.1, 0.15) is 12.4 Å². The van der Waals surface area contributed by atoms with Crippen molar-refractivity contribution in [3.63, 3.8) is 0 Å². The molecule has 0 atom stereocenters. The van der Waals surface area contributed by atoms with Crippen LogP contribution < -0.4 is 10.6 Å². The molecule has 0 aromatic carbocycles. The van der Waals surface area contributed by atoms with Crippen LogP contribution in [0, 0.1) is 5.92 Å². The molecule has 2 N–H and O–H groups in total. The first kappa shape index (κ1) is 23.5.